The van der Waals surface area contributed by atoms with Crippen LogP contribution in [0, 0.1) is 10.1 Å². The van der Waals surface area contributed by atoms with Crippen LogP contribution in [0.5, 0.6) is 0 Å². The van der Waals surface area contributed by atoms with E-state index in [2.05, 4.69) is 15.9 Å². The van der Waals surface area contributed by atoms with Crippen molar-refractivity contribution in [3.05, 3.63) is 68.7 Å². The monoisotopic (exact) mass is 481 g/mol. The fourth-order valence-electron chi connectivity index (χ4n) is 3.18. The van der Waals surface area contributed by atoms with Crippen molar-refractivity contribution in [1.82, 2.24) is 4.90 Å². The lowest BCUT2D eigenvalue weighted by Crippen LogP contribution is -2.50. The highest BCUT2D eigenvalue weighted by atomic mass is 79.9. The Bertz CT molecular complexity index is 1000. The van der Waals surface area contributed by atoms with E-state index in [-0.39, 0.29) is 11.4 Å². The van der Waals surface area contributed by atoms with E-state index in [1.807, 2.05) is 4.90 Å². The van der Waals surface area contributed by atoms with Crippen molar-refractivity contribution in [2.24, 2.45) is 0 Å². The summed E-state index contributed by atoms with van der Waals surface area (Å²) in [7, 11) is -3.57. The molecule has 29 heavy (non-hydrogen) atoms. The molecule has 0 bridgehead atoms. The minimum Gasteiger partial charge on any atom is -0.368 e. The summed E-state index contributed by atoms with van der Waals surface area (Å²) in [4.78, 5) is 26.5. The molecule has 2 aromatic carbocycles. The summed E-state index contributed by atoms with van der Waals surface area (Å²) in [6, 6.07) is 13.3. The zero-order valence-corrected chi connectivity index (χ0v) is 17.9. The van der Waals surface area contributed by atoms with Crippen LogP contribution in [0.4, 0.5) is 11.4 Å². The normalized spacial score (nSPS) is 14.7. The number of piperazine rings is 1. The molecule has 1 saturated heterocycles. The molecular formula is C19H20BrN3O5S. The van der Waals surface area contributed by atoms with Gasteiger partial charge in [-0.15, -0.1) is 0 Å². The van der Waals surface area contributed by atoms with E-state index in [1.165, 1.54) is 17.0 Å². The molecule has 0 N–H and O–H groups in total. The molecule has 0 radical (unpaired) electrons. The largest absolute Gasteiger partial charge is 0.368 e. The summed E-state index contributed by atoms with van der Waals surface area (Å²) < 4.78 is 25.6. The number of carbonyl (C=O) groups excluding carboxylic acids is 1. The number of rotatable bonds is 6. The Balaban J connectivity index is 1.56. The van der Waals surface area contributed by atoms with Crippen LogP contribution in [0.1, 0.15) is 5.56 Å². The Kier molecular flexibility index (Phi) is 6.53. The molecule has 0 aliphatic carbocycles. The van der Waals surface area contributed by atoms with E-state index in [1.54, 1.807) is 36.4 Å². The minimum atomic E-state index is -3.57. The first kappa shape index (κ1) is 21.3. The van der Waals surface area contributed by atoms with Crippen molar-refractivity contribution in [3.8, 4) is 0 Å². The molecule has 1 aliphatic heterocycles. The van der Waals surface area contributed by atoms with Crippen molar-refractivity contribution >= 4 is 43.0 Å². The van der Waals surface area contributed by atoms with Crippen molar-refractivity contribution in [2.45, 2.75) is 5.75 Å². The van der Waals surface area contributed by atoms with Gasteiger partial charge in [0.2, 0.25) is 5.91 Å². The molecule has 0 spiro atoms. The fourth-order valence-corrected chi connectivity index (χ4v) is 4.81. The maximum Gasteiger partial charge on any atom is 0.271 e. The number of anilines is 1. The number of nitro groups is 1. The van der Waals surface area contributed by atoms with Crippen LogP contribution in [-0.2, 0) is 20.4 Å². The smallest absolute Gasteiger partial charge is 0.271 e. The molecule has 2 aromatic rings. The first-order valence-electron chi connectivity index (χ1n) is 8.95. The van der Waals surface area contributed by atoms with Gasteiger partial charge in [-0.1, -0.05) is 34.1 Å². The first-order valence-corrected chi connectivity index (χ1v) is 11.6. The molecule has 1 aliphatic rings. The SMILES string of the molecule is O=C(CS(=O)(=O)Cc1ccc(Br)cc1)N1CCN(c2cccc([N+](=O)[O-])c2)CC1. The zero-order chi connectivity index (χ0) is 21.0. The average Bonchev–Trinajstić information content (AvgIpc) is 2.69. The van der Waals surface area contributed by atoms with Crippen LogP contribution in [0.2, 0.25) is 0 Å². The number of halogens is 1. The van der Waals surface area contributed by atoms with Gasteiger partial charge in [-0.3, -0.25) is 14.9 Å². The van der Waals surface area contributed by atoms with Crippen LogP contribution in [0.25, 0.3) is 0 Å². The maximum atomic E-state index is 12.5. The summed E-state index contributed by atoms with van der Waals surface area (Å²) in [6.45, 7) is 1.71. The van der Waals surface area contributed by atoms with Gasteiger partial charge in [-0.2, -0.15) is 0 Å². The number of amides is 1. The second-order valence-electron chi connectivity index (χ2n) is 6.80. The van der Waals surface area contributed by atoms with Crippen LogP contribution < -0.4 is 4.90 Å². The molecule has 0 unspecified atom stereocenters. The van der Waals surface area contributed by atoms with Crippen molar-refractivity contribution in [2.75, 3.05) is 36.8 Å². The number of hydrogen-bond acceptors (Lipinski definition) is 6. The molecule has 0 aromatic heterocycles. The Morgan fingerprint density at radius 2 is 1.72 bits per heavy atom. The van der Waals surface area contributed by atoms with Gasteiger partial charge in [-0.25, -0.2) is 8.42 Å². The predicted octanol–water partition coefficient (Wildman–Crippen LogP) is 2.62. The van der Waals surface area contributed by atoms with E-state index in [9.17, 15) is 23.3 Å². The van der Waals surface area contributed by atoms with Gasteiger partial charge in [0.15, 0.2) is 9.84 Å². The van der Waals surface area contributed by atoms with Crippen LogP contribution in [0.3, 0.4) is 0 Å². The van der Waals surface area contributed by atoms with Crippen molar-refractivity contribution in [3.63, 3.8) is 0 Å². The summed E-state index contributed by atoms with van der Waals surface area (Å²) in [5.74, 6) is -1.12. The van der Waals surface area contributed by atoms with Gasteiger partial charge in [-0.05, 0) is 23.8 Å². The zero-order valence-electron chi connectivity index (χ0n) is 15.5. The Morgan fingerprint density at radius 3 is 2.34 bits per heavy atom. The number of hydrogen-bond donors (Lipinski definition) is 0. The highest BCUT2D eigenvalue weighted by molar-refractivity contribution is 9.10. The van der Waals surface area contributed by atoms with E-state index in [4.69, 9.17) is 0 Å². The molecule has 1 heterocycles. The van der Waals surface area contributed by atoms with E-state index < -0.39 is 26.4 Å². The molecule has 8 nitrogen and oxygen atoms in total. The number of benzene rings is 2. The van der Waals surface area contributed by atoms with Gasteiger partial charge in [0, 0.05) is 48.5 Å². The highest BCUT2D eigenvalue weighted by Crippen LogP contribution is 2.22. The lowest BCUT2D eigenvalue weighted by Gasteiger charge is -2.36. The number of nitro benzene ring substituents is 1. The number of non-ortho nitro benzene ring substituents is 1. The lowest BCUT2D eigenvalue weighted by atomic mass is 10.2. The van der Waals surface area contributed by atoms with Crippen LogP contribution in [0.15, 0.2) is 53.0 Å². The summed E-state index contributed by atoms with van der Waals surface area (Å²) >= 11 is 3.30. The summed E-state index contributed by atoms with van der Waals surface area (Å²) in [5, 5.41) is 10.9. The molecule has 0 atom stereocenters. The van der Waals surface area contributed by atoms with Gasteiger partial charge in [0.25, 0.3) is 5.69 Å². The van der Waals surface area contributed by atoms with Gasteiger partial charge >= 0.3 is 0 Å². The predicted molar refractivity (Wildman–Crippen MR) is 114 cm³/mol. The molecule has 1 fully saturated rings. The minimum absolute atomic E-state index is 0.0139. The fraction of sp³-hybridized carbons (Fsp3) is 0.316. The number of nitrogens with zero attached hydrogens (tertiary/aromatic N) is 3. The summed E-state index contributed by atoms with van der Waals surface area (Å²) in [5.41, 5.74) is 1.37. The molecule has 154 valence electrons. The standard InChI is InChI=1S/C19H20BrN3O5S/c20-16-6-4-15(5-7-16)13-29(27,28)14-19(24)22-10-8-21(9-11-22)17-2-1-3-18(12-17)23(25)26/h1-7,12H,8-11,13-14H2. The molecular weight excluding hydrogens is 462 g/mol. The highest BCUT2D eigenvalue weighted by Gasteiger charge is 2.26. The molecule has 1 amide bonds. The Hall–Kier alpha value is -2.46. The molecule has 10 heteroatoms. The second kappa shape index (κ2) is 8.91. The van der Waals surface area contributed by atoms with E-state index in [0.29, 0.717) is 37.4 Å². The van der Waals surface area contributed by atoms with Crippen LogP contribution >= 0.6 is 15.9 Å². The average molecular weight is 482 g/mol. The van der Waals surface area contributed by atoms with E-state index in [0.717, 1.165) is 4.47 Å². The van der Waals surface area contributed by atoms with Gasteiger partial charge in [0.1, 0.15) is 5.75 Å². The quantitative estimate of drug-likeness (QED) is 0.464. The second-order valence-corrected chi connectivity index (χ2v) is 9.78. The number of carbonyl (C=O) groups is 1. The number of sulfone groups is 1. The first-order chi connectivity index (χ1) is 13.7. The third-order valence-electron chi connectivity index (χ3n) is 4.68. The lowest BCUT2D eigenvalue weighted by molar-refractivity contribution is -0.384. The topological polar surface area (TPSA) is 101 Å². The van der Waals surface area contributed by atoms with E-state index >= 15 is 0 Å². The van der Waals surface area contributed by atoms with Crippen LogP contribution in [-0.4, -0.2) is 56.1 Å². The third kappa shape index (κ3) is 5.77. The Labute approximate surface area is 177 Å². The van der Waals surface area contributed by atoms with Crippen molar-refractivity contribution < 1.29 is 18.1 Å². The Morgan fingerprint density at radius 1 is 1.07 bits per heavy atom. The maximum absolute atomic E-state index is 12.5. The third-order valence-corrected chi connectivity index (χ3v) is 6.67. The molecule has 3 rings (SSSR count). The molecule has 0 saturated carbocycles. The van der Waals surface area contributed by atoms with Gasteiger partial charge in [0.05, 0.1) is 10.7 Å². The summed E-state index contributed by atoms with van der Waals surface area (Å²) in [6.07, 6.45) is 0. The van der Waals surface area contributed by atoms with Crippen molar-refractivity contribution in [1.29, 1.82) is 0 Å². The van der Waals surface area contributed by atoms with Gasteiger partial charge < -0.3 is 9.80 Å².